The number of para-hydroxylation sites is 2. The first-order valence-electron chi connectivity index (χ1n) is 10.7. The summed E-state index contributed by atoms with van der Waals surface area (Å²) < 4.78 is 1.97. The molecular formula is C24H28N4O2. The molecule has 2 amide bonds. The quantitative estimate of drug-likeness (QED) is 0.634. The van der Waals surface area contributed by atoms with Gasteiger partial charge in [0.25, 0.3) is 5.91 Å². The van der Waals surface area contributed by atoms with Crippen molar-refractivity contribution >= 4 is 22.8 Å². The van der Waals surface area contributed by atoms with Crippen molar-refractivity contribution in [1.29, 1.82) is 0 Å². The summed E-state index contributed by atoms with van der Waals surface area (Å²) in [6.07, 6.45) is 5.06. The molecule has 0 radical (unpaired) electrons. The summed E-state index contributed by atoms with van der Waals surface area (Å²) in [4.78, 5) is 29.8. The molecule has 0 unspecified atom stereocenters. The zero-order valence-electron chi connectivity index (χ0n) is 17.4. The number of carbonyl (C=O) groups excluding carboxylic acids is 2. The number of carbonyl (C=O) groups is 2. The Morgan fingerprint density at radius 1 is 1.07 bits per heavy atom. The standard InChI is InChI=1S/C24H28N4O2/c1-17-8-2-5-11-19(17)24(30)25-15-14-22-27-20-12-6-7-13-21(20)28(22)16-23(29)26-18-9-3-4-10-18/h2,5-8,11-13,18H,3-4,9-10,14-16H2,1H3,(H,25,30)(H,26,29). The Kier molecular flexibility index (Phi) is 6.12. The zero-order valence-corrected chi connectivity index (χ0v) is 17.4. The highest BCUT2D eigenvalue weighted by Crippen LogP contribution is 2.19. The Morgan fingerprint density at radius 2 is 1.80 bits per heavy atom. The van der Waals surface area contributed by atoms with Crippen LogP contribution in [0.1, 0.15) is 47.4 Å². The number of amides is 2. The minimum absolute atomic E-state index is 0.0234. The third kappa shape index (κ3) is 4.53. The van der Waals surface area contributed by atoms with E-state index in [0.29, 0.717) is 24.6 Å². The fraction of sp³-hybridized carbons (Fsp3) is 0.375. The highest BCUT2D eigenvalue weighted by atomic mass is 16.2. The molecule has 2 aromatic carbocycles. The fourth-order valence-electron chi connectivity index (χ4n) is 4.19. The van der Waals surface area contributed by atoms with Crippen LogP contribution in [0.3, 0.4) is 0 Å². The summed E-state index contributed by atoms with van der Waals surface area (Å²) in [6.45, 7) is 2.64. The predicted octanol–water partition coefficient (Wildman–Crippen LogP) is 3.38. The number of rotatable bonds is 7. The molecule has 0 saturated heterocycles. The minimum Gasteiger partial charge on any atom is -0.352 e. The molecule has 1 aromatic heterocycles. The van der Waals surface area contributed by atoms with Crippen molar-refractivity contribution < 1.29 is 9.59 Å². The number of benzene rings is 2. The molecule has 156 valence electrons. The maximum Gasteiger partial charge on any atom is 0.251 e. The van der Waals surface area contributed by atoms with Crippen LogP contribution < -0.4 is 10.6 Å². The second kappa shape index (κ2) is 9.11. The minimum atomic E-state index is -0.0882. The normalized spacial score (nSPS) is 14.2. The van der Waals surface area contributed by atoms with E-state index in [4.69, 9.17) is 4.98 Å². The molecule has 6 heteroatoms. The van der Waals surface area contributed by atoms with E-state index in [1.807, 2.05) is 60.0 Å². The average molecular weight is 405 g/mol. The van der Waals surface area contributed by atoms with E-state index in [1.54, 1.807) is 0 Å². The van der Waals surface area contributed by atoms with Gasteiger partial charge >= 0.3 is 0 Å². The summed E-state index contributed by atoms with van der Waals surface area (Å²) in [5.41, 5.74) is 3.44. The number of aryl methyl sites for hydroxylation is 1. The molecule has 0 spiro atoms. The highest BCUT2D eigenvalue weighted by Gasteiger charge is 2.19. The van der Waals surface area contributed by atoms with Gasteiger partial charge in [0, 0.05) is 24.6 Å². The van der Waals surface area contributed by atoms with Gasteiger partial charge in [-0.25, -0.2) is 4.98 Å². The summed E-state index contributed by atoms with van der Waals surface area (Å²) in [5.74, 6) is 0.743. The van der Waals surface area contributed by atoms with Crippen molar-refractivity contribution in [1.82, 2.24) is 20.2 Å². The Balaban J connectivity index is 1.45. The summed E-state index contributed by atoms with van der Waals surface area (Å²) in [7, 11) is 0. The molecule has 1 aliphatic rings. The third-order valence-electron chi connectivity index (χ3n) is 5.78. The summed E-state index contributed by atoms with van der Waals surface area (Å²) in [6, 6.07) is 15.7. The van der Waals surface area contributed by atoms with Crippen LogP contribution in [0.4, 0.5) is 0 Å². The second-order valence-corrected chi connectivity index (χ2v) is 7.97. The van der Waals surface area contributed by atoms with Crippen LogP contribution in [-0.4, -0.2) is 34.0 Å². The summed E-state index contributed by atoms with van der Waals surface area (Å²) in [5, 5.41) is 6.13. The van der Waals surface area contributed by atoms with E-state index in [2.05, 4.69) is 10.6 Å². The molecule has 4 rings (SSSR count). The van der Waals surface area contributed by atoms with E-state index in [0.717, 1.165) is 35.3 Å². The van der Waals surface area contributed by atoms with Crippen molar-refractivity contribution in [2.24, 2.45) is 0 Å². The van der Waals surface area contributed by atoms with Gasteiger partial charge in [-0.3, -0.25) is 9.59 Å². The lowest BCUT2D eigenvalue weighted by Crippen LogP contribution is -2.35. The van der Waals surface area contributed by atoms with Crippen LogP contribution in [-0.2, 0) is 17.8 Å². The number of imidazole rings is 1. The van der Waals surface area contributed by atoms with Crippen molar-refractivity contribution in [3.05, 3.63) is 65.5 Å². The van der Waals surface area contributed by atoms with Crippen LogP contribution in [0.2, 0.25) is 0 Å². The Labute approximate surface area is 176 Å². The Morgan fingerprint density at radius 3 is 2.60 bits per heavy atom. The van der Waals surface area contributed by atoms with Crippen LogP contribution in [0.25, 0.3) is 11.0 Å². The lowest BCUT2D eigenvalue weighted by molar-refractivity contribution is -0.122. The monoisotopic (exact) mass is 404 g/mol. The second-order valence-electron chi connectivity index (χ2n) is 7.97. The number of hydrogen-bond donors (Lipinski definition) is 2. The van der Waals surface area contributed by atoms with Crippen LogP contribution in [0.15, 0.2) is 48.5 Å². The third-order valence-corrected chi connectivity index (χ3v) is 5.78. The van der Waals surface area contributed by atoms with Gasteiger partial charge in [0.1, 0.15) is 12.4 Å². The number of hydrogen-bond acceptors (Lipinski definition) is 3. The average Bonchev–Trinajstić information content (AvgIpc) is 3.36. The highest BCUT2D eigenvalue weighted by molar-refractivity contribution is 5.95. The first kappa shape index (κ1) is 20.1. The number of nitrogens with one attached hydrogen (secondary N) is 2. The van der Waals surface area contributed by atoms with Gasteiger partial charge in [-0.2, -0.15) is 0 Å². The van der Waals surface area contributed by atoms with E-state index < -0.39 is 0 Å². The van der Waals surface area contributed by atoms with Crippen LogP contribution >= 0.6 is 0 Å². The van der Waals surface area contributed by atoms with Gasteiger partial charge in [-0.15, -0.1) is 0 Å². The molecule has 1 fully saturated rings. The van der Waals surface area contributed by atoms with Crippen molar-refractivity contribution in [2.75, 3.05) is 6.54 Å². The number of aromatic nitrogens is 2. The van der Waals surface area contributed by atoms with Crippen molar-refractivity contribution in [3.63, 3.8) is 0 Å². The van der Waals surface area contributed by atoms with E-state index in [9.17, 15) is 9.59 Å². The van der Waals surface area contributed by atoms with Gasteiger partial charge in [0.05, 0.1) is 11.0 Å². The molecule has 3 aromatic rings. The lowest BCUT2D eigenvalue weighted by atomic mass is 10.1. The molecule has 6 nitrogen and oxygen atoms in total. The van der Waals surface area contributed by atoms with E-state index in [-0.39, 0.29) is 18.4 Å². The molecule has 1 heterocycles. The fourth-order valence-corrected chi connectivity index (χ4v) is 4.19. The summed E-state index contributed by atoms with van der Waals surface area (Å²) >= 11 is 0. The molecule has 2 N–H and O–H groups in total. The van der Waals surface area contributed by atoms with Crippen molar-refractivity contribution in [3.8, 4) is 0 Å². The maximum atomic E-state index is 12.6. The first-order valence-corrected chi connectivity index (χ1v) is 10.7. The smallest absolute Gasteiger partial charge is 0.251 e. The Hall–Kier alpha value is -3.15. The molecule has 30 heavy (non-hydrogen) atoms. The van der Waals surface area contributed by atoms with Gasteiger partial charge in [-0.05, 0) is 43.5 Å². The zero-order chi connectivity index (χ0) is 20.9. The van der Waals surface area contributed by atoms with E-state index >= 15 is 0 Å². The van der Waals surface area contributed by atoms with Crippen molar-refractivity contribution in [2.45, 2.75) is 51.6 Å². The molecule has 1 aliphatic carbocycles. The lowest BCUT2D eigenvalue weighted by Gasteiger charge is -2.14. The SMILES string of the molecule is Cc1ccccc1C(=O)NCCc1nc2ccccc2n1CC(=O)NC1CCCC1. The maximum absolute atomic E-state index is 12.6. The Bertz CT molecular complexity index is 1050. The largest absolute Gasteiger partial charge is 0.352 e. The van der Waals surface area contributed by atoms with Gasteiger partial charge < -0.3 is 15.2 Å². The molecular weight excluding hydrogens is 376 g/mol. The predicted molar refractivity (Wildman–Crippen MR) is 117 cm³/mol. The van der Waals surface area contributed by atoms with Gasteiger partial charge in [0.2, 0.25) is 5.91 Å². The first-order chi connectivity index (χ1) is 14.6. The molecule has 0 atom stereocenters. The van der Waals surface area contributed by atoms with E-state index in [1.165, 1.54) is 12.8 Å². The molecule has 0 bridgehead atoms. The van der Waals surface area contributed by atoms with Crippen LogP contribution in [0.5, 0.6) is 0 Å². The van der Waals surface area contributed by atoms with Crippen LogP contribution in [0, 0.1) is 6.92 Å². The number of fused-ring (bicyclic) bond motifs is 1. The number of nitrogens with zero attached hydrogens (tertiary/aromatic N) is 2. The topological polar surface area (TPSA) is 76.0 Å². The van der Waals surface area contributed by atoms with Gasteiger partial charge in [0.15, 0.2) is 0 Å². The van der Waals surface area contributed by atoms with Gasteiger partial charge in [-0.1, -0.05) is 43.2 Å². The molecule has 1 saturated carbocycles. The molecule has 0 aliphatic heterocycles.